The number of hydrogen-bond acceptors (Lipinski definition) is 2. The Morgan fingerprint density at radius 2 is 1.29 bits per heavy atom. The third kappa shape index (κ3) is 3.69. The molecule has 3 aromatic rings. The lowest BCUT2D eigenvalue weighted by molar-refractivity contribution is 0.404. The molecule has 142 valence electrons. The largest absolute Gasteiger partial charge is 0.350 e. The first-order valence-electron chi connectivity index (χ1n) is 9.35. The third-order valence-corrected chi connectivity index (χ3v) is 10.8. The van der Waals surface area contributed by atoms with Crippen molar-refractivity contribution in [2.45, 2.75) is 18.2 Å². The van der Waals surface area contributed by atoms with Gasteiger partial charge >= 0.3 is 0 Å². The highest BCUT2D eigenvalue weighted by Gasteiger charge is 2.36. The summed E-state index contributed by atoms with van der Waals surface area (Å²) in [6.07, 6.45) is -2.30. The van der Waals surface area contributed by atoms with E-state index >= 15 is 0 Å². The first-order valence-corrected chi connectivity index (χ1v) is 13.0. The lowest BCUT2D eigenvalue weighted by Crippen LogP contribution is -2.28. The number of hydrogen-bond donors (Lipinski definition) is 0. The topological polar surface area (TPSA) is 15.6 Å². The molecule has 1 aliphatic heterocycles. The summed E-state index contributed by atoms with van der Waals surface area (Å²) in [7, 11) is 2.13. The molecule has 4 rings (SSSR count). The fraction of sp³-hybridized carbons (Fsp3) is 0.174. The number of amidine groups is 1. The average Bonchev–Trinajstić information content (AvgIpc) is 3.04. The monoisotopic (exact) mass is 422 g/mol. The minimum atomic E-state index is -2.30. The summed E-state index contributed by atoms with van der Waals surface area (Å²) >= 11 is 8.14. The molecule has 2 atom stereocenters. The van der Waals surface area contributed by atoms with Gasteiger partial charge in [-0.1, -0.05) is 115 Å². The Bertz CT molecular complexity index is 963. The summed E-state index contributed by atoms with van der Waals surface area (Å²) in [6.45, 7) is 2.27. The van der Waals surface area contributed by atoms with Crippen molar-refractivity contribution >= 4 is 45.5 Å². The van der Waals surface area contributed by atoms with E-state index in [9.17, 15) is 0 Å². The van der Waals surface area contributed by atoms with Crippen molar-refractivity contribution < 1.29 is 0 Å². The molecule has 1 saturated heterocycles. The predicted octanol–water partition coefficient (Wildman–Crippen LogP) is 5.20. The average molecular weight is 423 g/mol. The van der Waals surface area contributed by atoms with E-state index in [0.717, 1.165) is 15.8 Å². The molecule has 1 aliphatic rings. The van der Waals surface area contributed by atoms with Crippen LogP contribution in [0.1, 0.15) is 17.7 Å². The van der Waals surface area contributed by atoms with Crippen LogP contribution in [-0.4, -0.2) is 23.2 Å². The molecule has 0 saturated carbocycles. The molecule has 1 fully saturated rings. The molecule has 0 unspecified atom stereocenters. The van der Waals surface area contributed by atoms with Crippen molar-refractivity contribution in [3.63, 3.8) is 0 Å². The van der Waals surface area contributed by atoms with Gasteiger partial charge in [-0.15, -0.1) is 0 Å². The van der Waals surface area contributed by atoms with Crippen LogP contribution in [-0.2, 0) is 11.8 Å². The van der Waals surface area contributed by atoms with E-state index in [-0.39, 0.29) is 0 Å². The van der Waals surface area contributed by atoms with Crippen molar-refractivity contribution in [3.05, 3.63) is 96.6 Å². The zero-order chi connectivity index (χ0) is 19.6. The van der Waals surface area contributed by atoms with Crippen LogP contribution in [0.25, 0.3) is 0 Å². The van der Waals surface area contributed by atoms with Crippen LogP contribution in [0, 0.1) is 0 Å². The highest BCUT2D eigenvalue weighted by atomic mass is 32.4. The smallest absolute Gasteiger partial charge is 0.164 e. The summed E-state index contributed by atoms with van der Waals surface area (Å²) in [4.78, 5) is 2.29. The molecule has 5 heteroatoms. The summed E-state index contributed by atoms with van der Waals surface area (Å²) in [5.41, 5.74) is 1.34. The highest BCUT2D eigenvalue weighted by molar-refractivity contribution is 8.22. The van der Waals surface area contributed by atoms with Crippen molar-refractivity contribution in [3.8, 4) is 0 Å². The quantitative estimate of drug-likeness (QED) is 0.538. The van der Waals surface area contributed by atoms with Gasteiger partial charge in [0.1, 0.15) is 6.19 Å². The van der Waals surface area contributed by atoms with Gasteiger partial charge in [-0.05, 0) is 12.5 Å². The van der Waals surface area contributed by atoms with Gasteiger partial charge in [-0.3, -0.25) is 0 Å². The molecular weight excluding hydrogens is 399 g/mol. The Morgan fingerprint density at radius 3 is 1.79 bits per heavy atom. The Kier molecular flexibility index (Phi) is 5.73. The normalized spacial score (nSPS) is 21.2. The molecule has 0 spiro atoms. The summed E-state index contributed by atoms with van der Waals surface area (Å²) in [5, 5.41) is 3.67. The second-order valence-electron chi connectivity index (χ2n) is 6.93. The first kappa shape index (κ1) is 19.4. The van der Waals surface area contributed by atoms with Gasteiger partial charge in [0.05, 0.1) is 5.25 Å². The fourth-order valence-corrected chi connectivity index (χ4v) is 8.37. The van der Waals surface area contributed by atoms with E-state index in [0.29, 0.717) is 11.3 Å². The zero-order valence-corrected chi connectivity index (χ0v) is 18.5. The van der Waals surface area contributed by atoms with Crippen molar-refractivity contribution in [1.82, 2.24) is 4.90 Å². The molecule has 0 N–H and O–H groups in total. The van der Waals surface area contributed by atoms with E-state index in [2.05, 4.69) is 97.7 Å². The second kappa shape index (κ2) is 8.24. The van der Waals surface area contributed by atoms with Gasteiger partial charge in [0.2, 0.25) is 0 Å². The summed E-state index contributed by atoms with van der Waals surface area (Å²) < 4.78 is 5.29. The van der Waals surface area contributed by atoms with E-state index in [1.807, 2.05) is 23.9 Å². The summed E-state index contributed by atoms with van der Waals surface area (Å²) in [6, 6.07) is 31.8. The number of rotatable bonds is 4. The number of nitrogens with zero attached hydrogens (tertiary/aromatic N) is 2. The molecule has 3 aromatic carbocycles. The van der Waals surface area contributed by atoms with Crippen molar-refractivity contribution in [2.24, 2.45) is 4.76 Å². The van der Waals surface area contributed by atoms with Gasteiger partial charge in [0.15, 0.2) is 5.17 Å². The maximum absolute atomic E-state index is 6.30. The Labute approximate surface area is 176 Å². The van der Waals surface area contributed by atoms with E-state index in [1.54, 1.807) is 0 Å². The van der Waals surface area contributed by atoms with Crippen molar-refractivity contribution in [2.75, 3.05) is 7.05 Å². The Morgan fingerprint density at radius 1 is 0.821 bits per heavy atom. The number of thioether (sulfide) groups is 1. The minimum absolute atomic E-state index is 0.361. The lowest BCUT2D eigenvalue weighted by Gasteiger charge is -2.23. The zero-order valence-electron chi connectivity index (χ0n) is 16.0. The predicted molar refractivity (Wildman–Crippen MR) is 128 cm³/mol. The van der Waals surface area contributed by atoms with Gasteiger partial charge in [0, 0.05) is 23.7 Å². The fourth-order valence-electron chi connectivity index (χ4n) is 3.40. The standard InChI is InChI=1S/C23H23N2PS2/c1-18-22(19-12-6-3-7-13-19)28-23(25(18)2)24-26(27,20-14-8-4-9-15-20)21-16-10-5-11-17-21/h3-18,22H,1-2H3/b24-23+/t18-,22+/m1/s1. The van der Waals surface area contributed by atoms with Crippen LogP contribution in [0.4, 0.5) is 0 Å². The van der Waals surface area contributed by atoms with Gasteiger partial charge < -0.3 is 4.90 Å². The molecular formula is C23H23N2PS2. The molecule has 0 amide bonds. The van der Waals surface area contributed by atoms with Gasteiger partial charge in [-0.25, -0.2) is 4.76 Å². The molecule has 28 heavy (non-hydrogen) atoms. The van der Waals surface area contributed by atoms with Crippen LogP contribution >= 0.6 is 18.0 Å². The number of likely N-dealkylation sites (N-methyl/N-ethyl adjacent to an activating group) is 1. The van der Waals surface area contributed by atoms with Crippen LogP contribution in [0.15, 0.2) is 95.8 Å². The van der Waals surface area contributed by atoms with Crippen LogP contribution in [0.2, 0.25) is 0 Å². The number of benzene rings is 3. The molecule has 0 aromatic heterocycles. The van der Waals surface area contributed by atoms with Crippen LogP contribution in [0.5, 0.6) is 0 Å². The third-order valence-electron chi connectivity index (χ3n) is 5.15. The first-order chi connectivity index (χ1) is 13.6. The molecule has 0 aliphatic carbocycles. The second-order valence-corrected chi connectivity index (χ2v) is 12.0. The van der Waals surface area contributed by atoms with Crippen molar-refractivity contribution in [1.29, 1.82) is 0 Å². The maximum atomic E-state index is 6.30. The van der Waals surface area contributed by atoms with Gasteiger partial charge in [-0.2, -0.15) is 0 Å². The molecule has 0 radical (unpaired) electrons. The van der Waals surface area contributed by atoms with Gasteiger partial charge in [0.25, 0.3) is 0 Å². The molecule has 2 nitrogen and oxygen atoms in total. The highest BCUT2D eigenvalue weighted by Crippen LogP contribution is 2.50. The lowest BCUT2D eigenvalue weighted by atomic mass is 10.1. The Balaban J connectivity index is 1.78. The van der Waals surface area contributed by atoms with E-state index < -0.39 is 6.19 Å². The van der Waals surface area contributed by atoms with Crippen LogP contribution < -0.4 is 10.6 Å². The Hall–Kier alpha value is -1.87. The SMILES string of the molecule is C[C@@H]1[C@@H](c2ccccc2)S/C(=N/P(=S)(c2ccccc2)c2ccccc2)N1C. The molecule has 1 heterocycles. The molecule has 0 bridgehead atoms. The maximum Gasteiger partial charge on any atom is 0.164 e. The summed E-state index contributed by atoms with van der Waals surface area (Å²) in [5.74, 6) is 0. The van der Waals surface area contributed by atoms with Crippen LogP contribution in [0.3, 0.4) is 0 Å². The minimum Gasteiger partial charge on any atom is -0.350 e. The van der Waals surface area contributed by atoms with E-state index in [1.165, 1.54) is 5.56 Å². The van der Waals surface area contributed by atoms with E-state index in [4.69, 9.17) is 16.6 Å².